The number of nitrogens with one attached hydrogen (secondary N) is 1. The minimum atomic E-state index is -4.18. The average Bonchev–Trinajstić information content (AvgIpc) is 3.45. The van der Waals surface area contributed by atoms with Gasteiger partial charge in [0.2, 0.25) is 11.8 Å². The van der Waals surface area contributed by atoms with E-state index in [9.17, 15) is 18.0 Å². The van der Waals surface area contributed by atoms with Crippen molar-refractivity contribution in [2.75, 3.05) is 10.8 Å². The van der Waals surface area contributed by atoms with Crippen molar-refractivity contribution >= 4 is 50.7 Å². The van der Waals surface area contributed by atoms with Crippen molar-refractivity contribution in [3.63, 3.8) is 0 Å². The van der Waals surface area contributed by atoms with Gasteiger partial charge in [-0.15, -0.1) is 0 Å². The van der Waals surface area contributed by atoms with Gasteiger partial charge in [-0.2, -0.15) is 0 Å². The Bertz CT molecular complexity index is 1410. The number of nitrogens with zero attached hydrogens (tertiary/aromatic N) is 2. The maximum absolute atomic E-state index is 14.0. The third kappa shape index (κ3) is 6.93. The van der Waals surface area contributed by atoms with E-state index in [-0.39, 0.29) is 34.1 Å². The SMILES string of the molecule is CC(C(=O)NC1CCCC1)N(Cc1ccccc1Cl)C(=O)CN(c1ccccc1Cl)S(=O)(=O)c1ccccc1. The second-order valence-electron chi connectivity index (χ2n) is 9.56. The number of carbonyl (C=O) groups is 2. The number of benzene rings is 3. The van der Waals surface area contributed by atoms with Crippen LogP contribution in [0.2, 0.25) is 10.0 Å². The molecule has 0 bridgehead atoms. The predicted octanol–water partition coefficient (Wildman–Crippen LogP) is 5.66. The van der Waals surface area contributed by atoms with E-state index in [1.54, 1.807) is 73.7 Å². The van der Waals surface area contributed by atoms with Crippen molar-refractivity contribution < 1.29 is 18.0 Å². The largest absolute Gasteiger partial charge is 0.352 e. The molecule has 3 aromatic carbocycles. The van der Waals surface area contributed by atoms with Crippen LogP contribution in [0.3, 0.4) is 0 Å². The van der Waals surface area contributed by atoms with Crippen LogP contribution in [0.15, 0.2) is 83.8 Å². The summed E-state index contributed by atoms with van der Waals surface area (Å²) in [5.74, 6) is -0.860. The molecule has 1 aliphatic carbocycles. The first-order chi connectivity index (χ1) is 18.7. The van der Waals surface area contributed by atoms with E-state index in [4.69, 9.17) is 23.2 Å². The van der Waals surface area contributed by atoms with Gasteiger partial charge in [-0.25, -0.2) is 8.42 Å². The Balaban J connectivity index is 1.69. The van der Waals surface area contributed by atoms with Crippen LogP contribution in [0, 0.1) is 0 Å². The minimum absolute atomic E-state index is 0.0161. The van der Waals surface area contributed by atoms with Crippen LogP contribution >= 0.6 is 23.2 Å². The molecule has 1 saturated carbocycles. The summed E-state index contributed by atoms with van der Waals surface area (Å²) in [6.45, 7) is 1.11. The van der Waals surface area contributed by atoms with Gasteiger partial charge >= 0.3 is 0 Å². The Kier molecular flexibility index (Phi) is 9.53. The number of carbonyl (C=O) groups excluding carboxylic acids is 2. The second kappa shape index (κ2) is 12.9. The number of halogens is 2. The number of hydrogen-bond acceptors (Lipinski definition) is 4. The quantitative estimate of drug-likeness (QED) is 0.331. The van der Waals surface area contributed by atoms with Gasteiger partial charge in [0.1, 0.15) is 12.6 Å². The molecule has 0 aliphatic heterocycles. The summed E-state index contributed by atoms with van der Waals surface area (Å²) >= 11 is 12.8. The molecule has 1 unspecified atom stereocenters. The van der Waals surface area contributed by atoms with Crippen LogP contribution in [0.4, 0.5) is 5.69 Å². The first kappa shape index (κ1) is 28.9. The van der Waals surface area contributed by atoms with Crippen molar-refractivity contribution in [1.29, 1.82) is 0 Å². The lowest BCUT2D eigenvalue weighted by atomic mass is 10.1. The first-order valence-electron chi connectivity index (χ1n) is 12.8. The van der Waals surface area contributed by atoms with Crippen LogP contribution in [0.25, 0.3) is 0 Å². The van der Waals surface area contributed by atoms with Crippen LogP contribution in [0.5, 0.6) is 0 Å². The van der Waals surface area contributed by atoms with Crippen molar-refractivity contribution in [3.8, 4) is 0 Å². The molecule has 3 aromatic rings. The van der Waals surface area contributed by atoms with E-state index < -0.39 is 28.5 Å². The van der Waals surface area contributed by atoms with E-state index in [1.807, 2.05) is 0 Å². The zero-order chi connectivity index (χ0) is 28.0. The van der Waals surface area contributed by atoms with E-state index in [0.29, 0.717) is 10.6 Å². The molecule has 0 aromatic heterocycles. The van der Waals surface area contributed by atoms with Gasteiger partial charge in [-0.1, -0.05) is 84.6 Å². The topological polar surface area (TPSA) is 86.8 Å². The van der Waals surface area contributed by atoms with E-state index in [2.05, 4.69) is 5.32 Å². The monoisotopic (exact) mass is 587 g/mol. The van der Waals surface area contributed by atoms with Crippen LogP contribution in [-0.2, 0) is 26.2 Å². The summed E-state index contributed by atoms with van der Waals surface area (Å²) < 4.78 is 28.6. The van der Waals surface area contributed by atoms with Crippen LogP contribution in [-0.4, -0.2) is 43.8 Å². The van der Waals surface area contributed by atoms with Crippen molar-refractivity contribution in [3.05, 3.63) is 94.5 Å². The number of hydrogen-bond donors (Lipinski definition) is 1. The number of rotatable bonds is 10. The van der Waals surface area contributed by atoms with E-state index in [0.717, 1.165) is 30.0 Å². The molecule has 4 rings (SSSR count). The van der Waals surface area contributed by atoms with Crippen LogP contribution in [0.1, 0.15) is 38.2 Å². The zero-order valence-corrected chi connectivity index (χ0v) is 23.9. The fourth-order valence-corrected chi connectivity index (χ4v) is 6.61. The summed E-state index contributed by atoms with van der Waals surface area (Å²) in [7, 11) is -4.18. The molecule has 0 spiro atoms. The number of anilines is 1. The van der Waals surface area contributed by atoms with E-state index in [1.165, 1.54) is 17.0 Å². The van der Waals surface area contributed by atoms with Gasteiger partial charge < -0.3 is 10.2 Å². The Morgan fingerprint density at radius 3 is 2.13 bits per heavy atom. The molecule has 0 saturated heterocycles. The Hall–Kier alpha value is -3.07. The maximum atomic E-state index is 14.0. The highest BCUT2D eigenvalue weighted by atomic mass is 35.5. The van der Waals surface area contributed by atoms with Gasteiger partial charge in [0.05, 0.1) is 15.6 Å². The molecule has 1 N–H and O–H groups in total. The third-order valence-electron chi connectivity index (χ3n) is 6.90. The summed E-state index contributed by atoms with van der Waals surface area (Å²) in [6.07, 6.45) is 3.89. The predicted molar refractivity (Wildman–Crippen MR) is 154 cm³/mol. The molecule has 10 heteroatoms. The number of amides is 2. The molecular weight excluding hydrogens is 557 g/mol. The summed E-state index contributed by atoms with van der Waals surface area (Å²) in [6, 6.07) is 20.5. The van der Waals surface area contributed by atoms with Crippen molar-refractivity contribution in [2.45, 2.75) is 56.1 Å². The fourth-order valence-electron chi connectivity index (χ4n) is 4.67. The minimum Gasteiger partial charge on any atom is -0.352 e. The molecule has 206 valence electrons. The number of para-hydroxylation sites is 1. The highest BCUT2D eigenvalue weighted by molar-refractivity contribution is 7.92. The molecule has 39 heavy (non-hydrogen) atoms. The highest BCUT2D eigenvalue weighted by Gasteiger charge is 2.34. The van der Waals surface area contributed by atoms with Gasteiger partial charge in [0, 0.05) is 17.6 Å². The lowest BCUT2D eigenvalue weighted by Gasteiger charge is -2.33. The smallest absolute Gasteiger partial charge is 0.264 e. The molecule has 1 fully saturated rings. The molecule has 1 aliphatic rings. The van der Waals surface area contributed by atoms with Gasteiger partial charge in [-0.3, -0.25) is 13.9 Å². The average molecular weight is 589 g/mol. The van der Waals surface area contributed by atoms with Crippen molar-refractivity contribution in [1.82, 2.24) is 10.2 Å². The summed E-state index contributed by atoms with van der Waals surface area (Å²) in [5, 5.41) is 3.66. The summed E-state index contributed by atoms with van der Waals surface area (Å²) in [4.78, 5) is 28.6. The van der Waals surface area contributed by atoms with Crippen molar-refractivity contribution in [2.24, 2.45) is 0 Å². The molecule has 2 amide bonds. The van der Waals surface area contributed by atoms with E-state index >= 15 is 0 Å². The lowest BCUT2D eigenvalue weighted by molar-refractivity contribution is -0.139. The maximum Gasteiger partial charge on any atom is 0.264 e. The highest BCUT2D eigenvalue weighted by Crippen LogP contribution is 2.31. The normalized spacial score (nSPS) is 14.5. The zero-order valence-electron chi connectivity index (χ0n) is 21.6. The third-order valence-corrected chi connectivity index (χ3v) is 9.36. The molecular formula is C29H31Cl2N3O4S. The van der Waals surface area contributed by atoms with Crippen LogP contribution < -0.4 is 9.62 Å². The second-order valence-corrected chi connectivity index (χ2v) is 12.2. The molecule has 0 heterocycles. The van der Waals surface area contributed by atoms with Gasteiger partial charge in [-0.05, 0) is 55.7 Å². The molecule has 1 atom stereocenters. The summed E-state index contributed by atoms with van der Waals surface area (Å²) in [5.41, 5.74) is 0.806. The standard InChI is InChI=1S/C29H31Cl2N3O4S/c1-21(29(36)32-23-12-6-7-13-23)33(19-22-11-5-8-16-25(22)30)28(35)20-34(27-18-10-9-17-26(27)31)39(37,38)24-14-3-2-4-15-24/h2-5,8-11,14-18,21,23H,6-7,12-13,19-20H2,1H3,(H,32,36). The number of sulfonamides is 1. The molecule has 7 nitrogen and oxygen atoms in total. The fraction of sp³-hybridized carbons (Fsp3) is 0.310. The lowest BCUT2D eigenvalue weighted by Crippen LogP contribution is -2.52. The van der Waals surface area contributed by atoms with Gasteiger partial charge in [0.25, 0.3) is 10.0 Å². The first-order valence-corrected chi connectivity index (χ1v) is 15.0. The Morgan fingerprint density at radius 1 is 0.897 bits per heavy atom. The Morgan fingerprint density at radius 2 is 1.49 bits per heavy atom. The Labute approximate surface area is 239 Å². The molecule has 0 radical (unpaired) electrons. The van der Waals surface area contributed by atoms with Gasteiger partial charge in [0.15, 0.2) is 0 Å².